The molecule has 0 unspecified atom stereocenters. The number of benzene rings is 2. The van der Waals surface area contributed by atoms with E-state index in [0.29, 0.717) is 22.9 Å². The average molecular weight is 390 g/mol. The second-order valence-electron chi connectivity index (χ2n) is 6.34. The summed E-state index contributed by atoms with van der Waals surface area (Å²) in [5, 5.41) is 8.67. The van der Waals surface area contributed by atoms with Crippen LogP contribution in [0.25, 0.3) is 0 Å². The van der Waals surface area contributed by atoms with Crippen molar-refractivity contribution in [1.29, 1.82) is 0 Å². The first-order chi connectivity index (χ1) is 14.1. The van der Waals surface area contributed by atoms with Gasteiger partial charge in [-0.2, -0.15) is 0 Å². The number of ether oxygens (including phenoxy) is 2. The van der Waals surface area contributed by atoms with E-state index in [1.807, 2.05) is 18.2 Å². The summed E-state index contributed by atoms with van der Waals surface area (Å²) in [5.74, 6) is 1.20. The predicted molar refractivity (Wildman–Crippen MR) is 109 cm³/mol. The number of hydrogen-bond acceptors (Lipinski definition) is 6. The molecule has 8 heteroatoms. The number of rotatable bonds is 5. The Balaban J connectivity index is 1.37. The van der Waals surface area contributed by atoms with Crippen molar-refractivity contribution in [1.82, 2.24) is 4.98 Å². The molecule has 1 aromatic heterocycles. The Morgan fingerprint density at radius 1 is 0.862 bits per heavy atom. The van der Waals surface area contributed by atoms with E-state index in [2.05, 4.69) is 20.9 Å². The van der Waals surface area contributed by atoms with Crippen LogP contribution in [0.1, 0.15) is 17.3 Å². The molecule has 2 aromatic carbocycles. The monoisotopic (exact) mass is 390 g/mol. The van der Waals surface area contributed by atoms with E-state index < -0.39 is 0 Å². The van der Waals surface area contributed by atoms with Crippen LogP contribution in [0, 0.1) is 0 Å². The summed E-state index contributed by atoms with van der Waals surface area (Å²) in [6.07, 6.45) is 1.62. The Labute approximate surface area is 166 Å². The van der Waals surface area contributed by atoms with Crippen molar-refractivity contribution in [2.24, 2.45) is 0 Å². The Morgan fingerprint density at radius 3 is 2.31 bits per heavy atom. The van der Waals surface area contributed by atoms with E-state index in [1.54, 1.807) is 42.6 Å². The molecule has 1 aliphatic rings. The van der Waals surface area contributed by atoms with Crippen LogP contribution in [0.4, 0.5) is 22.9 Å². The smallest absolute Gasteiger partial charge is 0.256 e. The third-order valence-corrected chi connectivity index (χ3v) is 4.13. The minimum atomic E-state index is -0.287. The van der Waals surface area contributed by atoms with Crippen LogP contribution in [0.5, 0.6) is 11.5 Å². The lowest BCUT2D eigenvalue weighted by Crippen LogP contribution is -2.12. The molecule has 1 aliphatic heterocycles. The fourth-order valence-corrected chi connectivity index (χ4v) is 2.77. The van der Waals surface area contributed by atoms with Gasteiger partial charge >= 0.3 is 0 Å². The van der Waals surface area contributed by atoms with Gasteiger partial charge in [-0.3, -0.25) is 9.59 Å². The van der Waals surface area contributed by atoms with Gasteiger partial charge in [-0.15, -0.1) is 0 Å². The van der Waals surface area contributed by atoms with Crippen molar-refractivity contribution in [3.8, 4) is 11.5 Å². The molecule has 4 rings (SSSR count). The first kappa shape index (κ1) is 18.3. The van der Waals surface area contributed by atoms with Crippen LogP contribution in [-0.4, -0.2) is 23.6 Å². The van der Waals surface area contributed by atoms with Gasteiger partial charge in [-0.1, -0.05) is 0 Å². The van der Waals surface area contributed by atoms with E-state index >= 15 is 0 Å². The lowest BCUT2D eigenvalue weighted by atomic mass is 10.2. The zero-order chi connectivity index (χ0) is 20.2. The molecule has 0 atom stereocenters. The second-order valence-corrected chi connectivity index (χ2v) is 6.34. The third-order valence-electron chi connectivity index (χ3n) is 4.13. The topological polar surface area (TPSA) is 102 Å². The number of anilines is 4. The summed E-state index contributed by atoms with van der Waals surface area (Å²) in [6, 6.07) is 15.8. The molecule has 0 fully saturated rings. The van der Waals surface area contributed by atoms with Crippen molar-refractivity contribution in [3.63, 3.8) is 0 Å². The molecule has 3 aromatic rings. The number of nitrogens with zero attached hydrogens (tertiary/aromatic N) is 1. The molecule has 2 heterocycles. The normalized spacial score (nSPS) is 11.6. The highest BCUT2D eigenvalue weighted by molar-refractivity contribution is 6.04. The predicted octanol–water partition coefficient (Wildman–Crippen LogP) is 3.76. The van der Waals surface area contributed by atoms with E-state index in [4.69, 9.17) is 9.47 Å². The SMILES string of the molecule is CC(=O)Nc1ccc(Nc2ccc(NC(=O)c3ccc4c(c3)OCO4)nc2)cc1. The van der Waals surface area contributed by atoms with Gasteiger partial charge in [0.2, 0.25) is 12.7 Å². The molecular weight excluding hydrogens is 372 g/mol. The Kier molecular flexibility index (Phi) is 4.98. The van der Waals surface area contributed by atoms with Crippen LogP contribution in [-0.2, 0) is 4.79 Å². The van der Waals surface area contributed by atoms with Gasteiger partial charge in [0.25, 0.3) is 5.91 Å². The largest absolute Gasteiger partial charge is 0.454 e. The summed E-state index contributed by atoms with van der Waals surface area (Å²) in [7, 11) is 0. The average Bonchev–Trinajstić information content (AvgIpc) is 3.18. The molecule has 0 saturated carbocycles. The van der Waals surface area contributed by atoms with Gasteiger partial charge in [0.1, 0.15) is 5.82 Å². The van der Waals surface area contributed by atoms with Gasteiger partial charge in [-0.05, 0) is 54.6 Å². The Hall–Kier alpha value is -4.07. The zero-order valence-corrected chi connectivity index (χ0v) is 15.6. The molecule has 0 radical (unpaired) electrons. The number of carbonyl (C=O) groups is 2. The van der Waals surface area contributed by atoms with E-state index in [1.165, 1.54) is 6.92 Å². The molecule has 0 saturated heterocycles. The standard InChI is InChI=1S/C21H18N4O4/c1-13(26)23-15-3-5-16(6-4-15)24-17-7-9-20(22-11-17)25-21(27)14-2-8-18-19(10-14)29-12-28-18/h2-11,24H,12H2,1H3,(H,23,26)(H,22,25,27). The molecule has 3 N–H and O–H groups in total. The number of amides is 2. The molecule has 0 spiro atoms. The van der Waals surface area contributed by atoms with E-state index in [0.717, 1.165) is 17.1 Å². The number of pyridine rings is 1. The van der Waals surface area contributed by atoms with Crippen LogP contribution in [0.3, 0.4) is 0 Å². The highest BCUT2D eigenvalue weighted by atomic mass is 16.7. The molecule has 8 nitrogen and oxygen atoms in total. The third kappa shape index (κ3) is 4.44. The molecular formula is C21H18N4O4. The van der Waals surface area contributed by atoms with Gasteiger partial charge in [-0.25, -0.2) is 4.98 Å². The van der Waals surface area contributed by atoms with Gasteiger partial charge in [0.15, 0.2) is 11.5 Å². The van der Waals surface area contributed by atoms with Crippen LogP contribution < -0.4 is 25.4 Å². The highest BCUT2D eigenvalue weighted by Gasteiger charge is 2.16. The first-order valence-corrected chi connectivity index (χ1v) is 8.88. The maximum Gasteiger partial charge on any atom is 0.256 e. The van der Waals surface area contributed by atoms with E-state index in [9.17, 15) is 9.59 Å². The number of hydrogen-bond donors (Lipinski definition) is 3. The summed E-state index contributed by atoms with van der Waals surface area (Å²) >= 11 is 0. The van der Waals surface area contributed by atoms with Crippen molar-refractivity contribution in [2.45, 2.75) is 6.92 Å². The van der Waals surface area contributed by atoms with Crippen molar-refractivity contribution < 1.29 is 19.1 Å². The quantitative estimate of drug-likeness (QED) is 0.613. The Morgan fingerprint density at radius 2 is 1.59 bits per heavy atom. The molecule has 2 amide bonds. The van der Waals surface area contributed by atoms with Gasteiger partial charge in [0.05, 0.1) is 11.9 Å². The fraction of sp³-hybridized carbons (Fsp3) is 0.0952. The van der Waals surface area contributed by atoms with Crippen LogP contribution in [0.15, 0.2) is 60.8 Å². The fourth-order valence-electron chi connectivity index (χ4n) is 2.77. The number of carbonyl (C=O) groups excluding carboxylic acids is 2. The van der Waals surface area contributed by atoms with E-state index in [-0.39, 0.29) is 18.6 Å². The molecule has 146 valence electrons. The summed E-state index contributed by atoms with van der Waals surface area (Å²) in [5.41, 5.74) is 2.79. The number of nitrogens with one attached hydrogen (secondary N) is 3. The van der Waals surface area contributed by atoms with Crippen molar-refractivity contribution in [3.05, 3.63) is 66.4 Å². The lowest BCUT2D eigenvalue weighted by molar-refractivity contribution is -0.114. The minimum Gasteiger partial charge on any atom is -0.454 e. The maximum absolute atomic E-state index is 12.4. The van der Waals surface area contributed by atoms with Crippen LogP contribution >= 0.6 is 0 Å². The summed E-state index contributed by atoms with van der Waals surface area (Å²) < 4.78 is 10.5. The number of aromatic nitrogens is 1. The second kappa shape index (κ2) is 7.89. The summed E-state index contributed by atoms with van der Waals surface area (Å²) in [4.78, 5) is 27.7. The highest BCUT2D eigenvalue weighted by Crippen LogP contribution is 2.32. The van der Waals surface area contributed by atoms with Crippen molar-refractivity contribution >= 4 is 34.7 Å². The first-order valence-electron chi connectivity index (χ1n) is 8.88. The van der Waals surface area contributed by atoms with Gasteiger partial charge in [0, 0.05) is 23.9 Å². The molecule has 29 heavy (non-hydrogen) atoms. The van der Waals surface area contributed by atoms with Gasteiger partial charge < -0.3 is 25.4 Å². The van der Waals surface area contributed by atoms with Crippen molar-refractivity contribution in [2.75, 3.05) is 22.7 Å². The maximum atomic E-state index is 12.4. The van der Waals surface area contributed by atoms with Crippen LogP contribution in [0.2, 0.25) is 0 Å². The Bertz CT molecular complexity index is 1050. The molecule has 0 aliphatic carbocycles. The minimum absolute atomic E-state index is 0.117. The zero-order valence-electron chi connectivity index (χ0n) is 15.6. The molecule has 0 bridgehead atoms. The summed E-state index contributed by atoms with van der Waals surface area (Å²) in [6.45, 7) is 1.62. The lowest BCUT2D eigenvalue weighted by Gasteiger charge is -2.09. The number of fused-ring (bicyclic) bond motifs is 1.